The van der Waals surface area contributed by atoms with E-state index in [0.717, 1.165) is 18.7 Å². The fraction of sp³-hybridized carbons (Fsp3) is 0.750. The molecule has 1 aliphatic rings. The van der Waals surface area contributed by atoms with Crippen LogP contribution in [0.25, 0.3) is 0 Å². The summed E-state index contributed by atoms with van der Waals surface area (Å²) < 4.78 is 0. The highest BCUT2D eigenvalue weighted by Crippen LogP contribution is 1.96. The highest BCUT2D eigenvalue weighted by atomic mass is 16.6. The Balaban J connectivity index is 2.45. The van der Waals surface area contributed by atoms with E-state index in [1.54, 1.807) is 0 Å². The van der Waals surface area contributed by atoms with Gasteiger partial charge in [-0.3, -0.25) is 0 Å². The molecule has 0 radical (unpaired) electrons. The second-order valence-electron chi connectivity index (χ2n) is 1.41. The van der Waals surface area contributed by atoms with Crippen LogP contribution in [0.2, 0.25) is 0 Å². The first-order valence-electron chi connectivity index (χ1n) is 2.05. The molecule has 6 heavy (non-hydrogen) atoms. The molecule has 0 N–H and O–H groups in total. The van der Waals surface area contributed by atoms with Crippen molar-refractivity contribution in [2.45, 2.75) is 13.3 Å². The summed E-state index contributed by atoms with van der Waals surface area (Å²) in [6, 6.07) is 0. The number of hydrogen-bond acceptors (Lipinski definition) is 2. The van der Waals surface area contributed by atoms with Gasteiger partial charge in [-0.05, 0) is 6.92 Å². The Kier molecular flexibility index (Phi) is 0.783. The lowest BCUT2D eigenvalue weighted by atomic mass is 10.3. The molecule has 1 aliphatic heterocycles. The maximum absolute atomic E-state index is 4.64. The predicted octanol–water partition coefficient (Wildman–Crippen LogP) is 0.783. The van der Waals surface area contributed by atoms with Crippen molar-refractivity contribution in [1.82, 2.24) is 0 Å². The van der Waals surface area contributed by atoms with Gasteiger partial charge in [0.1, 0.15) is 6.61 Å². The molecular formula is C4H7NO. The van der Waals surface area contributed by atoms with Crippen molar-refractivity contribution in [1.29, 1.82) is 0 Å². The normalized spacial score (nSPS) is 19.8. The predicted molar refractivity (Wildman–Crippen MR) is 23.7 cm³/mol. The zero-order valence-electron chi connectivity index (χ0n) is 3.77. The van der Waals surface area contributed by atoms with Crippen LogP contribution in [0.4, 0.5) is 0 Å². The largest absolute Gasteiger partial charge is 0.395 e. The van der Waals surface area contributed by atoms with Gasteiger partial charge in [0.25, 0.3) is 0 Å². The number of oxime groups is 1. The molecule has 1 heterocycles. The van der Waals surface area contributed by atoms with Crippen molar-refractivity contribution in [2.24, 2.45) is 5.16 Å². The number of rotatable bonds is 0. The van der Waals surface area contributed by atoms with Gasteiger partial charge in [0, 0.05) is 6.42 Å². The van der Waals surface area contributed by atoms with Gasteiger partial charge in [-0.25, -0.2) is 0 Å². The van der Waals surface area contributed by atoms with E-state index >= 15 is 0 Å². The molecule has 0 amide bonds. The van der Waals surface area contributed by atoms with E-state index in [9.17, 15) is 0 Å². The Morgan fingerprint density at radius 1 is 1.83 bits per heavy atom. The molecule has 0 aromatic heterocycles. The molecule has 0 aromatic rings. The van der Waals surface area contributed by atoms with Gasteiger partial charge in [-0.1, -0.05) is 5.16 Å². The van der Waals surface area contributed by atoms with Crippen molar-refractivity contribution in [3.63, 3.8) is 0 Å². The van der Waals surface area contributed by atoms with Gasteiger partial charge in [-0.15, -0.1) is 0 Å². The highest BCUT2D eigenvalue weighted by Gasteiger charge is 1.98. The quantitative estimate of drug-likeness (QED) is 0.426. The molecule has 0 unspecified atom stereocenters. The Bertz CT molecular complexity index is 77.6. The molecule has 1 rings (SSSR count). The van der Waals surface area contributed by atoms with Gasteiger partial charge in [-0.2, -0.15) is 0 Å². The second-order valence-corrected chi connectivity index (χ2v) is 1.41. The van der Waals surface area contributed by atoms with Crippen LogP contribution in [0.1, 0.15) is 13.3 Å². The molecular weight excluding hydrogens is 78.0 g/mol. The first-order chi connectivity index (χ1) is 2.89. The molecule has 0 fully saturated rings. The summed E-state index contributed by atoms with van der Waals surface area (Å²) >= 11 is 0. The van der Waals surface area contributed by atoms with E-state index in [1.807, 2.05) is 6.92 Å². The Hall–Kier alpha value is -0.530. The number of nitrogens with zero attached hydrogens (tertiary/aromatic N) is 1. The molecule has 0 aliphatic carbocycles. The van der Waals surface area contributed by atoms with Crippen LogP contribution in [-0.2, 0) is 4.84 Å². The van der Waals surface area contributed by atoms with Crippen LogP contribution in [0.3, 0.4) is 0 Å². The van der Waals surface area contributed by atoms with Crippen LogP contribution < -0.4 is 0 Å². The summed E-state index contributed by atoms with van der Waals surface area (Å²) in [7, 11) is 0. The summed E-state index contributed by atoms with van der Waals surface area (Å²) in [5, 5.41) is 3.65. The standard InChI is InChI=1S/C4H7NO/c1-4-2-3-6-5-4/h2-3H2,1H3. The average Bonchev–Trinajstić information content (AvgIpc) is 1.86. The zero-order chi connectivity index (χ0) is 4.41. The minimum atomic E-state index is 0.784. The van der Waals surface area contributed by atoms with Gasteiger partial charge < -0.3 is 4.84 Å². The molecule has 0 saturated carbocycles. The van der Waals surface area contributed by atoms with Crippen LogP contribution in [0, 0.1) is 0 Å². The van der Waals surface area contributed by atoms with E-state index in [-0.39, 0.29) is 0 Å². The topological polar surface area (TPSA) is 21.6 Å². The van der Waals surface area contributed by atoms with Crippen LogP contribution in [0.5, 0.6) is 0 Å². The lowest BCUT2D eigenvalue weighted by Crippen LogP contribution is -1.82. The van der Waals surface area contributed by atoms with E-state index < -0.39 is 0 Å². The minimum absolute atomic E-state index is 0.784. The highest BCUT2D eigenvalue weighted by molar-refractivity contribution is 5.82. The van der Waals surface area contributed by atoms with Gasteiger partial charge in [0.15, 0.2) is 0 Å². The molecule has 0 spiro atoms. The first-order valence-corrected chi connectivity index (χ1v) is 2.05. The fourth-order valence-electron chi connectivity index (χ4n) is 0.395. The third kappa shape index (κ3) is 0.506. The molecule has 0 aromatic carbocycles. The molecule has 2 heteroatoms. The molecule has 34 valence electrons. The molecule has 0 atom stereocenters. The van der Waals surface area contributed by atoms with Crippen LogP contribution in [0.15, 0.2) is 5.16 Å². The van der Waals surface area contributed by atoms with Crippen molar-refractivity contribution in [3.05, 3.63) is 0 Å². The van der Waals surface area contributed by atoms with E-state index in [4.69, 9.17) is 0 Å². The zero-order valence-corrected chi connectivity index (χ0v) is 3.77. The summed E-state index contributed by atoms with van der Waals surface area (Å²) in [6.07, 6.45) is 1.01. The lowest BCUT2D eigenvalue weighted by Gasteiger charge is -1.76. The summed E-state index contributed by atoms with van der Waals surface area (Å²) in [4.78, 5) is 4.64. The SMILES string of the molecule is CC1=NOCC1. The summed E-state index contributed by atoms with van der Waals surface area (Å²) in [5.41, 5.74) is 1.11. The van der Waals surface area contributed by atoms with Gasteiger partial charge >= 0.3 is 0 Å². The van der Waals surface area contributed by atoms with Crippen molar-refractivity contribution < 1.29 is 4.84 Å². The summed E-state index contributed by atoms with van der Waals surface area (Å²) in [5.74, 6) is 0. The molecule has 0 bridgehead atoms. The third-order valence-electron chi connectivity index (χ3n) is 0.776. The van der Waals surface area contributed by atoms with Gasteiger partial charge in [0.05, 0.1) is 5.71 Å². The molecule has 2 nitrogen and oxygen atoms in total. The fourth-order valence-corrected chi connectivity index (χ4v) is 0.395. The smallest absolute Gasteiger partial charge is 0.122 e. The Labute approximate surface area is 36.8 Å². The first kappa shape index (κ1) is 3.65. The monoisotopic (exact) mass is 85.1 g/mol. The van der Waals surface area contributed by atoms with Crippen LogP contribution in [-0.4, -0.2) is 12.3 Å². The van der Waals surface area contributed by atoms with Crippen molar-refractivity contribution in [2.75, 3.05) is 6.61 Å². The Morgan fingerprint density at radius 3 is 2.83 bits per heavy atom. The maximum atomic E-state index is 4.64. The number of hydrogen-bond donors (Lipinski definition) is 0. The Morgan fingerprint density at radius 2 is 2.67 bits per heavy atom. The minimum Gasteiger partial charge on any atom is -0.395 e. The average molecular weight is 85.1 g/mol. The lowest BCUT2D eigenvalue weighted by molar-refractivity contribution is 0.173. The summed E-state index contributed by atoms with van der Waals surface area (Å²) in [6.45, 7) is 2.75. The third-order valence-corrected chi connectivity index (χ3v) is 0.776. The van der Waals surface area contributed by atoms with E-state index in [2.05, 4.69) is 9.99 Å². The van der Waals surface area contributed by atoms with Crippen molar-refractivity contribution >= 4 is 5.71 Å². The van der Waals surface area contributed by atoms with E-state index in [1.165, 1.54) is 0 Å². The molecule has 0 saturated heterocycles. The van der Waals surface area contributed by atoms with Gasteiger partial charge in [0.2, 0.25) is 0 Å². The van der Waals surface area contributed by atoms with Crippen molar-refractivity contribution in [3.8, 4) is 0 Å². The van der Waals surface area contributed by atoms with Crippen LogP contribution >= 0.6 is 0 Å². The maximum Gasteiger partial charge on any atom is 0.122 e. The van der Waals surface area contributed by atoms with E-state index in [0.29, 0.717) is 0 Å². The second kappa shape index (κ2) is 1.29.